The Kier molecular flexibility index (Phi) is 3.71. The quantitative estimate of drug-likeness (QED) is 0.900. The number of benzene rings is 1. The van der Waals surface area contributed by atoms with Crippen LogP contribution in [0.3, 0.4) is 0 Å². The van der Waals surface area contributed by atoms with Crippen LogP contribution < -0.4 is 5.32 Å². The average Bonchev–Trinajstić information content (AvgIpc) is 3.02. The molecule has 1 aliphatic carbocycles. The summed E-state index contributed by atoms with van der Waals surface area (Å²) in [4.78, 5) is 22.4. The van der Waals surface area contributed by atoms with Crippen LogP contribution in [-0.4, -0.2) is 17.0 Å². The fourth-order valence-electron chi connectivity index (χ4n) is 1.64. The molecule has 2 rings (SSSR count). The minimum Gasteiger partial charge on any atom is -0.481 e. The Morgan fingerprint density at radius 2 is 1.72 bits per heavy atom. The van der Waals surface area contributed by atoms with Gasteiger partial charge in [0.05, 0.1) is 27.6 Å². The SMILES string of the molecule is O=C(O)C1CC1C(=O)Nc1c(Cl)cc(Cl)cc1Cl. The van der Waals surface area contributed by atoms with Gasteiger partial charge in [-0.2, -0.15) is 0 Å². The van der Waals surface area contributed by atoms with Gasteiger partial charge in [-0.25, -0.2) is 0 Å². The van der Waals surface area contributed by atoms with Crippen molar-refractivity contribution in [3.8, 4) is 0 Å². The molecule has 18 heavy (non-hydrogen) atoms. The summed E-state index contributed by atoms with van der Waals surface area (Å²) in [7, 11) is 0. The number of hydrogen-bond acceptors (Lipinski definition) is 2. The minimum atomic E-state index is -0.969. The molecule has 2 N–H and O–H groups in total. The molecule has 0 aromatic heterocycles. The van der Waals surface area contributed by atoms with Crippen LogP contribution in [0.5, 0.6) is 0 Å². The number of carboxylic acid groups (broad SMARTS) is 1. The average molecular weight is 309 g/mol. The van der Waals surface area contributed by atoms with Crippen LogP contribution in [0.1, 0.15) is 6.42 Å². The van der Waals surface area contributed by atoms with Gasteiger partial charge >= 0.3 is 5.97 Å². The van der Waals surface area contributed by atoms with Gasteiger partial charge < -0.3 is 10.4 Å². The molecule has 7 heteroatoms. The van der Waals surface area contributed by atoms with Crippen molar-refractivity contribution in [1.29, 1.82) is 0 Å². The summed E-state index contributed by atoms with van der Waals surface area (Å²) in [6, 6.07) is 2.90. The van der Waals surface area contributed by atoms with Gasteiger partial charge in [-0.15, -0.1) is 0 Å². The molecular weight excluding hydrogens is 300 g/mol. The lowest BCUT2D eigenvalue weighted by molar-refractivity contribution is -0.139. The van der Waals surface area contributed by atoms with Crippen LogP contribution in [0.25, 0.3) is 0 Å². The Bertz CT molecular complexity index is 509. The molecule has 1 fully saturated rings. The smallest absolute Gasteiger partial charge is 0.307 e. The second kappa shape index (κ2) is 4.96. The lowest BCUT2D eigenvalue weighted by atomic mass is 10.2. The zero-order valence-corrected chi connectivity index (χ0v) is 11.2. The van der Waals surface area contributed by atoms with E-state index >= 15 is 0 Å². The van der Waals surface area contributed by atoms with Crippen molar-refractivity contribution in [2.45, 2.75) is 6.42 Å². The molecule has 96 valence electrons. The molecule has 1 aliphatic rings. The highest BCUT2D eigenvalue weighted by molar-refractivity contribution is 6.42. The largest absolute Gasteiger partial charge is 0.481 e. The highest BCUT2D eigenvalue weighted by Crippen LogP contribution is 2.41. The summed E-state index contributed by atoms with van der Waals surface area (Å²) in [6.07, 6.45) is 0.337. The summed E-state index contributed by atoms with van der Waals surface area (Å²) >= 11 is 17.5. The first-order valence-corrected chi connectivity index (χ1v) is 6.21. The van der Waals surface area contributed by atoms with Crippen molar-refractivity contribution in [3.05, 3.63) is 27.2 Å². The predicted molar refractivity (Wildman–Crippen MR) is 69.3 cm³/mol. The van der Waals surface area contributed by atoms with Gasteiger partial charge in [0.2, 0.25) is 5.91 Å². The van der Waals surface area contributed by atoms with E-state index in [1.54, 1.807) is 0 Å². The number of amides is 1. The van der Waals surface area contributed by atoms with E-state index in [0.717, 1.165) is 0 Å². The Hall–Kier alpha value is -0.970. The maximum Gasteiger partial charge on any atom is 0.307 e. The summed E-state index contributed by atoms with van der Waals surface area (Å²) in [6.45, 7) is 0. The highest BCUT2D eigenvalue weighted by atomic mass is 35.5. The molecule has 2 unspecified atom stereocenters. The maximum atomic E-state index is 11.8. The fourth-order valence-corrected chi connectivity index (χ4v) is 2.55. The van der Waals surface area contributed by atoms with E-state index in [1.165, 1.54) is 12.1 Å². The number of aliphatic carboxylic acids is 1. The third-order valence-electron chi connectivity index (χ3n) is 2.70. The van der Waals surface area contributed by atoms with Crippen molar-refractivity contribution in [2.75, 3.05) is 5.32 Å². The Labute approximate surface area is 118 Å². The van der Waals surface area contributed by atoms with Gasteiger partial charge in [-0.3, -0.25) is 9.59 Å². The fraction of sp³-hybridized carbons (Fsp3) is 0.273. The first kappa shape index (κ1) is 13.5. The monoisotopic (exact) mass is 307 g/mol. The number of halogens is 3. The van der Waals surface area contributed by atoms with Gasteiger partial charge in [-0.05, 0) is 18.6 Å². The molecule has 0 saturated heterocycles. The number of carbonyl (C=O) groups is 2. The second-order valence-corrected chi connectivity index (χ2v) is 5.27. The molecule has 2 atom stereocenters. The van der Waals surface area contributed by atoms with E-state index in [9.17, 15) is 9.59 Å². The molecule has 0 heterocycles. The predicted octanol–water partition coefficient (Wildman–Crippen LogP) is 3.31. The van der Waals surface area contributed by atoms with Gasteiger partial charge in [0.1, 0.15) is 0 Å². The minimum absolute atomic E-state index is 0.216. The number of anilines is 1. The summed E-state index contributed by atoms with van der Waals surface area (Å²) in [5.41, 5.74) is 0.253. The van der Waals surface area contributed by atoms with Gasteiger partial charge in [-0.1, -0.05) is 34.8 Å². The van der Waals surface area contributed by atoms with Crippen LogP contribution in [0, 0.1) is 11.8 Å². The number of nitrogens with one attached hydrogen (secondary N) is 1. The molecule has 0 bridgehead atoms. The lowest BCUT2D eigenvalue weighted by Gasteiger charge is -2.09. The molecular formula is C11H8Cl3NO3. The molecule has 1 aromatic rings. The molecule has 0 aliphatic heterocycles. The first-order valence-electron chi connectivity index (χ1n) is 5.08. The van der Waals surface area contributed by atoms with Crippen LogP contribution in [0.2, 0.25) is 15.1 Å². The third-order valence-corrected chi connectivity index (χ3v) is 3.51. The van der Waals surface area contributed by atoms with Crippen molar-refractivity contribution in [2.24, 2.45) is 11.8 Å². The summed E-state index contributed by atoms with van der Waals surface area (Å²) in [5.74, 6) is -2.50. The van der Waals surface area contributed by atoms with Gasteiger partial charge in [0.25, 0.3) is 0 Å². The molecule has 1 aromatic carbocycles. The molecule has 4 nitrogen and oxygen atoms in total. The number of hydrogen-bond donors (Lipinski definition) is 2. The second-order valence-electron chi connectivity index (χ2n) is 4.02. The Balaban J connectivity index is 2.11. The van der Waals surface area contributed by atoms with E-state index in [-0.39, 0.29) is 15.7 Å². The van der Waals surface area contributed by atoms with Crippen LogP contribution in [0.4, 0.5) is 5.69 Å². The zero-order valence-electron chi connectivity index (χ0n) is 8.91. The van der Waals surface area contributed by atoms with Crippen molar-refractivity contribution in [3.63, 3.8) is 0 Å². The zero-order chi connectivity index (χ0) is 13.4. The van der Waals surface area contributed by atoms with Crippen molar-refractivity contribution >= 4 is 52.4 Å². The summed E-state index contributed by atoms with van der Waals surface area (Å²) < 4.78 is 0. The van der Waals surface area contributed by atoms with Crippen LogP contribution in [0.15, 0.2) is 12.1 Å². The number of carbonyl (C=O) groups excluding carboxylic acids is 1. The number of carboxylic acids is 1. The van der Waals surface area contributed by atoms with Gasteiger partial charge in [0.15, 0.2) is 0 Å². The normalized spacial score (nSPS) is 21.5. The maximum absolute atomic E-state index is 11.8. The molecule has 1 saturated carbocycles. The van der Waals surface area contributed by atoms with E-state index in [0.29, 0.717) is 11.4 Å². The lowest BCUT2D eigenvalue weighted by Crippen LogP contribution is -2.17. The van der Waals surface area contributed by atoms with Crippen molar-refractivity contribution < 1.29 is 14.7 Å². The van der Waals surface area contributed by atoms with Gasteiger partial charge in [0, 0.05) is 5.02 Å². The highest BCUT2D eigenvalue weighted by Gasteiger charge is 2.48. The third kappa shape index (κ3) is 2.71. The standard InChI is InChI=1S/C11H8Cl3NO3/c12-4-1-7(13)9(8(14)2-4)15-10(16)5-3-6(5)11(17)18/h1-2,5-6H,3H2,(H,15,16)(H,17,18). The molecule has 0 spiro atoms. The number of rotatable bonds is 3. The van der Waals surface area contributed by atoms with Crippen molar-refractivity contribution in [1.82, 2.24) is 0 Å². The molecule has 1 amide bonds. The Morgan fingerprint density at radius 1 is 1.17 bits per heavy atom. The molecule has 0 radical (unpaired) electrons. The van der Waals surface area contributed by atoms with E-state index in [1.807, 2.05) is 0 Å². The van der Waals surface area contributed by atoms with E-state index < -0.39 is 23.7 Å². The van der Waals surface area contributed by atoms with Crippen LogP contribution in [-0.2, 0) is 9.59 Å². The first-order chi connectivity index (χ1) is 8.40. The topological polar surface area (TPSA) is 66.4 Å². The van der Waals surface area contributed by atoms with Crippen LogP contribution >= 0.6 is 34.8 Å². The van der Waals surface area contributed by atoms with E-state index in [4.69, 9.17) is 39.9 Å². The summed E-state index contributed by atoms with van der Waals surface area (Å²) in [5, 5.41) is 12.1. The Morgan fingerprint density at radius 3 is 2.17 bits per heavy atom. The van der Waals surface area contributed by atoms with E-state index in [2.05, 4.69) is 5.32 Å².